The molecule has 1 saturated carbocycles. The molecule has 0 heterocycles. The van der Waals surface area contributed by atoms with Gasteiger partial charge in [0.2, 0.25) is 11.8 Å². The molecule has 218 valence electrons. The van der Waals surface area contributed by atoms with Crippen molar-refractivity contribution in [3.63, 3.8) is 0 Å². The first-order valence-corrected chi connectivity index (χ1v) is 16.7. The van der Waals surface area contributed by atoms with Gasteiger partial charge in [-0.15, -0.1) is 0 Å². The average molecular weight is 688 g/mol. The van der Waals surface area contributed by atoms with Crippen molar-refractivity contribution in [2.75, 3.05) is 10.8 Å². The molecule has 41 heavy (non-hydrogen) atoms. The fraction of sp³-hybridized carbons (Fsp3) is 0.375. The molecule has 0 bridgehead atoms. The highest BCUT2D eigenvalue weighted by atomic mass is 127. The molecule has 3 aromatic carbocycles. The largest absolute Gasteiger partial charge is 0.352 e. The van der Waals surface area contributed by atoms with Crippen LogP contribution in [0.3, 0.4) is 0 Å². The number of nitrogens with one attached hydrogen (secondary N) is 1. The lowest BCUT2D eigenvalue weighted by molar-refractivity contribution is -0.140. The predicted octanol–water partition coefficient (Wildman–Crippen LogP) is 6.05. The molecule has 0 radical (unpaired) electrons. The van der Waals surface area contributed by atoms with Gasteiger partial charge >= 0.3 is 0 Å². The molecule has 4 rings (SSSR count). The van der Waals surface area contributed by atoms with Crippen molar-refractivity contribution in [3.05, 3.63) is 93.6 Å². The number of sulfonamides is 1. The third-order valence-electron chi connectivity index (χ3n) is 7.66. The summed E-state index contributed by atoms with van der Waals surface area (Å²) in [5.74, 6) is -0.620. The van der Waals surface area contributed by atoms with Crippen LogP contribution in [0.15, 0.2) is 83.8 Å². The third kappa shape index (κ3) is 7.88. The van der Waals surface area contributed by atoms with Gasteiger partial charge in [-0.05, 0) is 96.3 Å². The normalized spacial score (nSPS) is 14.7. The number of aryl methyl sites for hydroxylation is 1. The van der Waals surface area contributed by atoms with Crippen molar-refractivity contribution in [3.8, 4) is 0 Å². The summed E-state index contributed by atoms with van der Waals surface area (Å²) in [5.41, 5.74) is 2.30. The smallest absolute Gasteiger partial charge is 0.264 e. The summed E-state index contributed by atoms with van der Waals surface area (Å²) in [6, 6.07) is 22.3. The number of carbonyl (C=O) groups is 2. The number of rotatable bonds is 11. The number of carbonyl (C=O) groups excluding carboxylic acids is 2. The van der Waals surface area contributed by atoms with Gasteiger partial charge in [0.05, 0.1) is 10.6 Å². The SMILES string of the molecule is CCC(C(=O)NC1CCCCC1)N(Cc1ccccc1C)C(=O)CN(c1ccc(I)cc1)S(=O)(=O)c1ccccc1. The standard InChI is InChI=1S/C32H38IN3O4S/c1-3-30(32(38)34-27-14-6-4-7-15-27)35(22-25-13-11-10-12-24(25)2)31(37)23-36(28-20-18-26(33)19-21-28)41(39,40)29-16-8-5-9-17-29/h5,8-13,16-21,27,30H,3-4,6-7,14-15,22-23H2,1-2H3,(H,34,38). The van der Waals surface area contributed by atoms with Gasteiger partial charge in [0, 0.05) is 16.2 Å². The molecule has 3 aromatic rings. The molecule has 0 spiro atoms. The van der Waals surface area contributed by atoms with Crippen LogP contribution in [0.25, 0.3) is 0 Å². The van der Waals surface area contributed by atoms with E-state index in [2.05, 4.69) is 27.9 Å². The minimum atomic E-state index is -4.07. The van der Waals surface area contributed by atoms with E-state index in [9.17, 15) is 18.0 Å². The Morgan fingerprint density at radius 3 is 2.20 bits per heavy atom. The molecule has 2 amide bonds. The molecule has 7 nitrogen and oxygen atoms in total. The predicted molar refractivity (Wildman–Crippen MR) is 171 cm³/mol. The molecule has 1 atom stereocenters. The van der Waals surface area contributed by atoms with Crippen LogP contribution in [0.4, 0.5) is 5.69 Å². The van der Waals surface area contributed by atoms with E-state index in [0.717, 1.165) is 44.7 Å². The quantitative estimate of drug-likeness (QED) is 0.249. The molecular weight excluding hydrogens is 649 g/mol. The van der Waals surface area contributed by atoms with Crippen LogP contribution in [-0.2, 0) is 26.2 Å². The summed E-state index contributed by atoms with van der Waals surface area (Å²) < 4.78 is 29.9. The van der Waals surface area contributed by atoms with E-state index < -0.39 is 28.5 Å². The first-order valence-electron chi connectivity index (χ1n) is 14.2. The molecule has 1 aliphatic rings. The molecule has 1 N–H and O–H groups in total. The number of halogens is 1. The minimum absolute atomic E-state index is 0.0962. The monoisotopic (exact) mass is 687 g/mol. The number of amides is 2. The van der Waals surface area contributed by atoms with Crippen LogP contribution in [-0.4, -0.2) is 43.8 Å². The zero-order valence-corrected chi connectivity index (χ0v) is 26.6. The molecule has 1 unspecified atom stereocenters. The Hall–Kier alpha value is -2.92. The van der Waals surface area contributed by atoms with Gasteiger partial charge in [-0.3, -0.25) is 13.9 Å². The summed E-state index contributed by atoms with van der Waals surface area (Å²) in [7, 11) is -4.07. The van der Waals surface area contributed by atoms with Gasteiger partial charge in [-0.25, -0.2) is 8.42 Å². The molecule has 0 aromatic heterocycles. The van der Waals surface area contributed by atoms with Gasteiger partial charge in [0.1, 0.15) is 12.6 Å². The van der Waals surface area contributed by atoms with Crippen molar-refractivity contribution in [1.29, 1.82) is 0 Å². The van der Waals surface area contributed by atoms with Gasteiger partial charge < -0.3 is 10.2 Å². The van der Waals surface area contributed by atoms with Crippen LogP contribution in [0.2, 0.25) is 0 Å². The van der Waals surface area contributed by atoms with Crippen molar-refractivity contribution in [2.45, 2.75) is 75.9 Å². The Bertz CT molecular complexity index is 1420. The van der Waals surface area contributed by atoms with Gasteiger partial charge in [0.15, 0.2) is 0 Å². The van der Waals surface area contributed by atoms with Crippen LogP contribution < -0.4 is 9.62 Å². The summed E-state index contributed by atoms with van der Waals surface area (Å²) >= 11 is 2.16. The highest BCUT2D eigenvalue weighted by Crippen LogP contribution is 2.26. The van der Waals surface area contributed by atoms with E-state index in [1.807, 2.05) is 50.2 Å². The second-order valence-corrected chi connectivity index (χ2v) is 13.6. The average Bonchev–Trinajstić information content (AvgIpc) is 2.98. The zero-order chi connectivity index (χ0) is 29.4. The van der Waals surface area contributed by atoms with Crippen molar-refractivity contribution >= 4 is 50.1 Å². The Morgan fingerprint density at radius 2 is 1.56 bits per heavy atom. The van der Waals surface area contributed by atoms with E-state index in [-0.39, 0.29) is 23.4 Å². The van der Waals surface area contributed by atoms with Crippen LogP contribution in [0, 0.1) is 10.5 Å². The molecule has 1 aliphatic carbocycles. The van der Waals surface area contributed by atoms with E-state index in [4.69, 9.17) is 0 Å². The second kappa shape index (κ2) is 14.3. The topological polar surface area (TPSA) is 86.8 Å². The van der Waals surface area contributed by atoms with Crippen LogP contribution in [0.1, 0.15) is 56.6 Å². The maximum atomic E-state index is 14.2. The molecule has 1 fully saturated rings. The van der Waals surface area contributed by atoms with Crippen LogP contribution in [0.5, 0.6) is 0 Å². The number of benzene rings is 3. The van der Waals surface area contributed by atoms with E-state index in [1.54, 1.807) is 35.2 Å². The number of hydrogen-bond donors (Lipinski definition) is 1. The fourth-order valence-corrected chi connectivity index (χ4v) is 7.09. The summed E-state index contributed by atoms with van der Waals surface area (Å²) in [4.78, 5) is 29.5. The van der Waals surface area contributed by atoms with Crippen LogP contribution >= 0.6 is 22.6 Å². The Kier molecular flexibility index (Phi) is 10.8. The number of anilines is 1. The minimum Gasteiger partial charge on any atom is -0.352 e. The lowest BCUT2D eigenvalue weighted by atomic mass is 9.95. The first-order chi connectivity index (χ1) is 19.7. The Morgan fingerprint density at radius 1 is 0.927 bits per heavy atom. The number of nitrogens with zero attached hydrogens (tertiary/aromatic N) is 2. The third-order valence-corrected chi connectivity index (χ3v) is 10.2. The van der Waals surface area contributed by atoms with E-state index in [0.29, 0.717) is 12.1 Å². The second-order valence-electron chi connectivity index (χ2n) is 10.5. The van der Waals surface area contributed by atoms with Gasteiger partial charge in [0.25, 0.3) is 10.0 Å². The van der Waals surface area contributed by atoms with E-state index in [1.165, 1.54) is 18.6 Å². The highest BCUT2D eigenvalue weighted by Gasteiger charge is 2.34. The van der Waals surface area contributed by atoms with Gasteiger partial charge in [-0.1, -0.05) is 68.7 Å². The summed E-state index contributed by atoms with van der Waals surface area (Å²) in [5, 5.41) is 3.19. The first kappa shape index (κ1) is 31.0. The lowest BCUT2D eigenvalue weighted by Gasteiger charge is -2.34. The van der Waals surface area contributed by atoms with Crippen molar-refractivity contribution < 1.29 is 18.0 Å². The lowest BCUT2D eigenvalue weighted by Crippen LogP contribution is -2.54. The van der Waals surface area contributed by atoms with Crippen molar-refractivity contribution in [1.82, 2.24) is 10.2 Å². The van der Waals surface area contributed by atoms with E-state index >= 15 is 0 Å². The molecule has 9 heteroatoms. The maximum absolute atomic E-state index is 14.2. The van der Waals surface area contributed by atoms with Crippen molar-refractivity contribution in [2.24, 2.45) is 0 Å². The Balaban J connectivity index is 1.70. The summed E-state index contributed by atoms with van der Waals surface area (Å²) in [6.45, 7) is 3.63. The fourth-order valence-electron chi connectivity index (χ4n) is 5.29. The van der Waals surface area contributed by atoms with Gasteiger partial charge in [-0.2, -0.15) is 0 Å². The molecular formula is C32H38IN3O4S. The molecule has 0 aliphatic heterocycles. The molecule has 0 saturated heterocycles. The highest BCUT2D eigenvalue weighted by molar-refractivity contribution is 14.1. The Labute approximate surface area is 257 Å². The maximum Gasteiger partial charge on any atom is 0.264 e. The number of hydrogen-bond acceptors (Lipinski definition) is 4. The summed E-state index contributed by atoms with van der Waals surface area (Å²) in [6.07, 6.45) is 5.61. The zero-order valence-electron chi connectivity index (χ0n) is 23.6.